The van der Waals surface area contributed by atoms with Crippen molar-refractivity contribution >= 4 is 23.6 Å². The monoisotopic (exact) mass is 490 g/mol. The Hall–Kier alpha value is -4.33. The highest BCUT2D eigenvalue weighted by Crippen LogP contribution is 2.13. The maximum atomic E-state index is 13.6. The third kappa shape index (κ3) is 7.33. The first kappa shape index (κ1) is 26.3. The molecule has 0 radical (unpaired) electrons. The molecule has 186 valence electrons. The molecule has 0 spiro atoms. The van der Waals surface area contributed by atoms with Gasteiger partial charge >= 0.3 is 5.97 Å². The van der Waals surface area contributed by atoms with E-state index in [-0.39, 0.29) is 18.6 Å². The van der Waals surface area contributed by atoms with Crippen LogP contribution in [-0.2, 0) is 32.0 Å². The van der Waals surface area contributed by atoms with Crippen LogP contribution in [-0.4, -0.2) is 42.8 Å². The van der Waals surface area contributed by atoms with Crippen molar-refractivity contribution < 1.29 is 28.3 Å². The van der Waals surface area contributed by atoms with Gasteiger partial charge in [0.05, 0.1) is 7.11 Å². The Balaban J connectivity index is 1.73. The van der Waals surface area contributed by atoms with Crippen LogP contribution in [0.1, 0.15) is 34.0 Å². The van der Waals surface area contributed by atoms with E-state index in [0.29, 0.717) is 22.3 Å². The number of carbonyl (C=O) groups is 4. The number of halogens is 1. The number of amides is 2. The van der Waals surface area contributed by atoms with E-state index in [4.69, 9.17) is 4.74 Å². The van der Waals surface area contributed by atoms with Crippen LogP contribution in [0, 0.1) is 5.82 Å². The van der Waals surface area contributed by atoms with E-state index in [1.807, 2.05) is 6.07 Å². The van der Waals surface area contributed by atoms with Crippen molar-refractivity contribution in [3.05, 3.63) is 107 Å². The van der Waals surface area contributed by atoms with Crippen LogP contribution in [0.15, 0.2) is 78.9 Å². The zero-order valence-electron chi connectivity index (χ0n) is 20.0. The van der Waals surface area contributed by atoms with Crippen LogP contribution in [0.3, 0.4) is 0 Å². The Kier molecular flexibility index (Phi) is 9.05. The van der Waals surface area contributed by atoms with Gasteiger partial charge in [0.2, 0.25) is 11.8 Å². The van der Waals surface area contributed by atoms with E-state index < -0.39 is 35.7 Å². The van der Waals surface area contributed by atoms with Crippen LogP contribution < -0.4 is 10.6 Å². The summed E-state index contributed by atoms with van der Waals surface area (Å²) in [6, 6.07) is 19.2. The molecule has 0 aliphatic heterocycles. The quantitative estimate of drug-likeness (QED) is 0.336. The second-order valence-corrected chi connectivity index (χ2v) is 8.27. The van der Waals surface area contributed by atoms with Crippen molar-refractivity contribution in [2.24, 2.45) is 0 Å². The molecule has 0 unspecified atom stereocenters. The summed E-state index contributed by atoms with van der Waals surface area (Å²) in [6.07, 6.45) is 0.137. The number of rotatable bonds is 10. The molecule has 3 rings (SSSR count). The molecule has 3 aromatic carbocycles. The average Bonchev–Trinajstić information content (AvgIpc) is 2.87. The molecule has 3 aromatic rings. The number of methoxy groups -OCH3 is 1. The van der Waals surface area contributed by atoms with Crippen LogP contribution in [0.5, 0.6) is 0 Å². The Morgan fingerprint density at radius 1 is 0.778 bits per heavy atom. The standard InChI is InChI=1S/C28H27FN2O5/c1-18(32)30-24(17-20-7-6-10-23(29)15-20)27(34)31-25(28(35)36-2)16-19-11-13-22(14-12-19)26(33)21-8-4-3-5-9-21/h3-15,24-25H,16-17H2,1-2H3,(H,30,32)(H,31,34)/t24-,25+/m1/s1. The van der Waals surface area contributed by atoms with Gasteiger partial charge in [0.1, 0.15) is 17.9 Å². The molecule has 0 aliphatic rings. The average molecular weight is 491 g/mol. The van der Waals surface area contributed by atoms with Gasteiger partial charge < -0.3 is 15.4 Å². The van der Waals surface area contributed by atoms with Gasteiger partial charge in [-0.25, -0.2) is 9.18 Å². The maximum absolute atomic E-state index is 13.6. The smallest absolute Gasteiger partial charge is 0.328 e. The van der Waals surface area contributed by atoms with Gasteiger partial charge in [-0.15, -0.1) is 0 Å². The van der Waals surface area contributed by atoms with Crippen LogP contribution in [0.2, 0.25) is 0 Å². The zero-order valence-corrected chi connectivity index (χ0v) is 20.0. The molecule has 8 heteroatoms. The molecular weight excluding hydrogens is 463 g/mol. The van der Waals surface area contributed by atoms with Crippen molar-refractivity contribution in [1.82, 2.24) is 10.6 Å². The lowest BCUT2D eigenvalue weighted by atomic mass is 9.99. The van der Waals surface area contributed by atoms with E-state index in [0.717, 1.165) is 0 Å². The first-order chi connectivity index (χ1) is 17.3. The maximum Gasteiger partial charge on any atom is 0.328 e. The van der Waals surface area contributed by atoms with Crippen molar-refractivity contribution in [3.63, 3.8) is 0 Å². The molecule has 0 saturated carbocycles. The summed E-state index contributed by atoms with van der Waals surface area (Å²) in [4.78, 5) is 49.8. The summed E-state index contributed by atoms with van der Waals surface area (Å²) in [5.74, 6) is -2.31. The molecule has 2 N–H and O–H groups in total. The largest absolute Gasteiger partial charge is 0.467 e. The van der Waals surface area contributed by atoms with Crippen LogP contribution >= 0.6 is 0 Å². The fourth-order valence-corrected chi connectivity index (χ4v) is 3.75. The fraction of sp³-hybridized carbons (Fsp3) is 0.214. The van der Waals surface area contributed by atoms with E-state index in [1.54, 1.807) is 54.6 Å². The first-order valence-corrected chi connectivity index (χ1v) is 11.3. The van der Waals surface area contributed by atoms with Crippen molar-refractivity contribution in [2.75, 3.05) is 7.11 Å². The Morgan fingerprint density at radius 3 is 2.03 bits per heavy atom. The Labute approximate surface area is 208 Å². The summed E-state index contributed by atoms with van der Waals surface area (Å²) in [5.41, 5.74) is 2.25. The highest BCUT2D eigenvalue weighted by molar-refractivity contribution is 6.08. The van der Waals surface area contributed by atoms with E-state index in [9.17, 15) is 23.6 Å². The van der Waals surface area contributed by atoms with Crippen molar-refractivity contribution in [2.45, 2.75) is 31.8 Å². The number of esters is 1. The molecule has 0 aromatic heterocycles. The molecule has 0 aliphatic carbocycles. The third-order valence-corrected chi connectivity index (χ3v) is 5.52. The fourth-order valence-electron chi connectivity index (χ4n) is 3.75. The van der Waals surface area contributed by atoms with Crippen LogP contribution in [0.4, 0.5) is 4.39 Å². The molecule has 2 amide bonds. The predicted molar refractivity (Wildman–Crippen MR) is 132 cm³/mol. The minimum Gasteiger partial charge on any atom is -0.467 e. The van der Waals surface area contributed by atoms with Gasteiger partial charge in [-0.2, -0.15) is 0 Å². The summed E-state index contributed by atoms with van der Waals surface area (Å²) < 4.78 is 18.4. The van der Waals surface area contributed by atoms with Gasteiger partial charge in [0.15, 0.2) is 5.78 Å². The highest BCUT2D eigenvalue weighted by Gasteiger charge is 2.27. The predicted octanol–water partition coefficient (Wildman–Crippen LogP) is 3.00. The van der Waals surface area contributed by atoms with Crippen molar-refractivity contribution in [1.29, 1.82) is 0 Å². The van der Waals surface area contributed by atoms with Gasteiger partial charge in [-0.1, -0.05) is 66.7 Å². The summed E-state index contributed by atoms with van der Waals surface area (Å²) in [7, 11) is 1.21. The topological polar surface area (TPSA) is 102 Å². The number of carbonyl (C=O) groups excluding carboxylic acids is 4. The van der Waals surface area contributed by atoms with Crippen LogP contribution in [0.25, 0.3) is 0 Å². The lowest BCUT2D eigenvalue weighted by molar-refractivity contribution is -0.145. The second-order valence-electron chi connectivity index (χ2n) is 8.27. The molecule has 0 fully saturated rings. The van der Waals surface area contributed by atoms with Gasteiger partial charge in [0.25, 0.3) is 0 Å². The number of hydrogen-bond donors (Lipinski definition) is 2. The Bertz CT molecular complexity index is 1230. The van der Waals surface area contributed by atoms with Gasteiger partial charge in [0, 0.05) is 30.9 Å². The lowest BCUT2D eigenvalue weighted by Gasteiger charge is -2.22. The van der Waals surface area contributed by atoms with Gasteiger partial charge in [-0.05, 0) is 23.3 Å². The molecule has 7 nitrogen and oxygen atoms in total. The normalized spacial score (nSPS) is 12.2. The third-order valence-electron chi connectivity index (χ3n) is 5.52. The molecular formula is C28H27FN2O5. The van der Waals surface area contributed by atoms with Crippen molar-refractivity contribution in [3.8, 4) is 0 Å². The molecule has 0 bridgehead atoms. The number of ether oxygens (including phenoxy) is 1. The molecule has 2 atom stereocenters. The SMILES string of the molecule is COC(=O)[C@H](Cc1ccc(C(=O)c2ccccc2)cc1)NC(=O)[C@@H](Cc1cccc(F)c1)NC(C)=O. The molecule has 36 heavy (non-hydrogen) atoms. The minimum atomic E-state index is -1.04. The summed E-state index contributed by atoms with van der Waals surface area (Å²) >= 11 is 0. The highest BCUT2D eigenvalue weighted by atomic mass is 19.1. The first-order valence-electron chi connectivity index (χ1n) is 11.3. The number of ketones is 1. The Morgan fingerprint density at radius 2 is 1.42 bits per heavy atom. The molecule has 0 saturated heterocycles. The zero-order chi connectivity index (χ0) is 26.1. The molecule has 0 heterocycles. The number of nitrogens with one attached hydrogen (secondary N) is 2. The summed E-state index contributed by atoms with van der Waals surface area (Å²) in [6.45, 7) is 1.27. The van der Waals surface area contributed by atoms with Gasteiger partial charge in [-0.3, -0.25) is 14.4 Å². The van der Waals surface area contributed by atoms with E-state index >= 15 is 0 Å². The minimum absolute atomic E-state index is 0.0351. The number of benzene rings is 3. The number of hydrogen-bond acceptors (Lipinski definition) is 5. The lowest BCUT2D eigenvalue weighted by Crippen LogP contribution is -2.53. The summed E-state index contributed by atoms with van der Waals surface area (Å²) in [5, 5.41) is 5.18. The second kappa shape index (κ2) is 12.4. The van der Waals surface area contributed by atoms with E-state index in [2.05, 4.69) is 10.6 Å². The van der Waals surface area contributed by atoms with E-state index in [1.165, 1.54) is 32.2 Å².